The highest BCUT2D eigenvalue weighted by Crippen LogP contribution is 2.43. The van der Waals surface area contributed by atoms with Gasteiger partial charge in [-0.1, -0.05) is 121 Å². The average molecular weight is 515 g/mol. The molecule has 0 aliphatic carbocycles. The molecule has 0 saturated carbocycles. The van der Waals surface area contributed by atoms with E-state index in [4.69, 9.17) is 5.10 Å². The van der Waals surface area contributed by atoms with E-state index in [0.717, 1.165) is 55.3 Å². The topological polar surface area (TPSA) is 17.3 Å². The normalized spacial score (nSPS) is 11.6. The minimum Gasteiger partial charge on any atom is -0.231 e. The summed E-state index contributed by atoms with van der Waals surface area (Å²) in [5, 5.41) is 11.9. The van der Waals surface area contributed by atoms with Gasteiger partial charge < -0.3 is 0 Å². The number of nitrogens with zero attached hydrogens (tertiary/aromatic N) is 2. The molecular formula is C37H23FN2. The van der Waals surface area contributed by atoms with Crippen molar-refractivity contribution in [3.05, 3.63) is 145 Å². The van der Waals surface area contributed by atoms with Gasteiger partial charge in [0.2, 0.25) is 0 Å². The fourth-order valence-electron chi connectivity index (χ4n) is 6.04. The van der Waals surface area contributed by atoms with Crippen molar-refractivity contribution in [3.63, 3.8) is 0 Å². The van der Waals surface area contributed by atoms with Crippen LogP contribution in [0, 0.1) is 5.82 Å². The fourth-order valence-corrected chi connectivity index (χ4v) is 6.04. The van der Waals surface area contributed by atoms with Gasteiger partial charge in [-0.05, 0) is 50.7 Å². The van der Waals surface area contributed by atoms with E-state index in [1.54, 1.807) is 6.07 Å². The highest BCUT2D eigenvalue weighted by molar-refractivity contribution is 6.15. The standard InChI is InChI=1S/C37H23FN2/c38-28-20-18-27-22-34(25-11-3-1-4-12-25)40-37(33(27)23-28)35(26-13-5-2-6-14-26)36(39-40)32-17-9-16-30-29-15-8-7-10-24(29)19-21-31(30)32/h1-23H. The van der Waals surface area contributed by atoms with Gasteiger partial charge in [-0.2, -0.15) is 5.10 Å². The molecular weight excluding hydrogens is 491 g/mol. The molecule has 0 spiro atoms. The Morgan fingerprint density at radius 1 is 0.500 bits per heavy atom. The number of fused-ring (bicyclic) bond motifs is 6. The van der Waals surface area contributed by atoms with Gasteiger partial charge in [0.25, 0.3) is 0 Å². The van der Waals surface area contributed by atoms with Crippen molar-refractivity contribution in [2.75, 3.05) is 0 Å². The van der Waals surface area contributed by atoms with Crippen LogP contribution in [0.4, 0.5) is 4.39 Å². The molecule has 0 amide bonds. The maximum absolute atomic E-state index is 14.8. The summed E-state index contributed by atoms with van der Waals surface area (Å²) in [6, 6.07) is 47.0. The van der Waals surface area contributed by atoms with Gasteiger partial charge >= 0.3 is 0 Å². The Morgan fingerprint density at radius 2 is 1.20 bits per heavy atom. The number of aromatic nitrogens is 2. The second-order valence-corrected chi connectivity index (χ2v) is 10.2. The number of pyridine rings is 1. The molecule has 0 radical (unpaired) electrons. The zero-order valence-corrected chi connectivity index (χ0v) is 21.6. The highest BCUT2D eigenvalue weighted by atomic mass is 19.1. The monoisotopic (exact) mass is 514 g/mol. The van der Waals surface area contributed by atoms with E-state index in [1.807, 2.05) is 47.0 Å². The molecule has 2 heterocycles. The lowest BCUT2D eigenvalue weighted by molar-refractivity contribution is 0.630. The number of hydrogen-bond acceptors (Lipinski definition) is 1. The lowest BCUT2D eigenvalue weighted by Crippen LogP contribution is -1.96. The third-order valence-electron chi connectivity index (χ3n) is 7.85. The van der Waals surface area contributed by atoms with Crippen LogP contribution < -0.4 is 0 Å². The van der Waals surface area contributed by atoms with Gasteiger partial charge in [-0.15, -0.1) is 0 Å². The maximum Gasteiger partial charge on any atom is 0.123 e. The zero-order valence-electron chi connectivity index (χ0n) is 21.6. The molecule has 0 aliphatic rings. The van der Waals surface area contributed by atoms with Gasteiger partial charge in [0, 0.05) is 22.1 Å². The molecule has 0 bridgehead atoms. The molecule has 3 heteroatoms. The van der Waals surface area contributed by atoms with Crippen LogP contribution in [0.5, 0.6) is 0 Å². The molecule has 0 aliphatic heterocycles. The number of benzene rings is 6. The van der Waals surface area contributed by atoms with E-state index >= 15 is 0 Å². The molecule has 0 fully saturated rings. The van der Waals surface area contributed by atoms with Crippen LogP contribution in [0.15, 0.2) is 140 Å². The molecule has 2 aromatic heterocycles. The van der Waals surface area contributed by atoms with Crippen LogP contribution in [0.1, 0.15) is 0 Å². The third-order valence-corrected chi connectivity index (χ3v) is 7.85. The molecule has 0 saturated heterocycles. The van der Waals surface area contributed by atoms with Gasteiger partial charge in [0.1, 0.15) is 11.5 Å². The van der Waals surface area contributed by atoms with E-state index < -0.39 is 0 Å². The molecule has 0 atom stereocenters. The smallest absolute Gasteiger partial charge is 0.123 e. The van der Waals surface area contributed by atoms with E-state index in [-0.39, 0.29) is 5.82 Å². The molecule has 2 nitrogen and oxygen atoms in total. The van der Waals surface area contributed by atoms with Gasteiger partial charge in [-0.25, -0.2) is 8.91 Å². The molecule has 6 aromatic carbocycles. The van der Waals surface area contributed by atoms with Crippen LogP contribution in [0.25, 0.3) is 71.5 Å². The van der Waals surface area contributed by atoms with Gasteiger partial charge in [0.15, 0.2) is 0 Å². The highest BCUT2D eigenvalue weighted by Gasteiger charge is 2.23. The Morgan fingerprint density at radius 3 is 2.02 bits per heavy atom. The van der Waals surface area contributed by atoms with Crippen molar-refractivity contribution in [3.8, 4) is 33.6 Å². The minimum absolute atomic E-state index is 0.264. The van der Waals surface area contributed by atoms with Gasteiger partial charge in [-0.3, -0.25) is 0 Å². The maximum atomic E-state index is 14.8. The SMILES string of the molecule is Fc1ccc2cc(-c3ccccc3)n3nc(-c4cccc5c4ccc4ccccc45)c(-c4ccccc4)c3c2c1. The molecule has 0 N–H and O–H groups in total. The summed E-state index contributed by atoms with van der Waals surface area (Å²) >= 11 is 0. The summed E-state index contributed by atoms with van der Waals surface area (Å²) in [5.74, 6) is -0.264. The summed E-state index contributed by atoms with van der Waals surface area (Å²) in [6.45, 7) is 0. The van der Waals surface area contributed by atoms with Crippen LogP contribution in [-0.4, -0.2) is 9.61 Å². The van der Waals surface area contributed by atoms with Crippen molar-refractivity contribution in [2.24, 2.45) is 0 Å². The molecule has 8 aromatic rings. The van der Waals surface area contributed by atoms with Crippen molar-refractivity contribution >= 4 is 37.8 Å². The van der Waals surface area contributed by atoms with Crippen LogP contribution in [-0.2, 0) is 0 Å². The minimum atomic E-state index is -0.264. The Labute approximate surface area is 230 Å². The first-order valence-electron chi connectivity index (χ1n) is 13.4. The number of hydrogen-bond donors (Lipinski definition) is 0. The second kappa shape index (κ2) is 8.89. The summed E-state index contributed by atoms with van der Waals surface area (Å²) in [6.07, 6.45) is 0. The quantitative estimate of drug-likeness (QED) is 0.214. The van der Waals surface area contributed by atoms with Crippen LogP contribution in [0.2, 0.25) is 0 Å². The molecule has 8 rings (SSSR count). The second-order valence-electron chi connectivity index (χ2n) is 10.2. The Hall–Kier alpha value is -5.28. The summed E-state index contributed by atoms with van der Waals surface area (Å²) in [4.78, 5) is 0. The fraction of sp³-hybridized carbons (Fsp3) is 0. The Balaban J connectivity index is 1.57. The van der Waals surface area contributed by atoms with Crippen molar-refractivity contribution < 1.29 is 4.39 Å². The Bertz CT molecular complexity index is 2210. The lowest BCUT2D eigenvalue weighted by Gasteiger charge is -2.11. The van der Waals surface area contributed by atoms with E-state index in [0.29, 0.717) is 0 Å². The third kappa shape index (κ3) is 3.45. The van der Waals surface area contributed by atoms with Crippen molar-refractivity contribution in [2.45, 2.75) is 0 Å². The van der Waals surface area contributed by atoms with E-state index in [2.05, 4.69) is 84.9 Å². The summed E-state index contributed by atoms with van der Waals surface area (Å²) in [5.41, 5.74) is 6.88. The first-order chi connectivity index (χ1) is 19.8. The number of halogens is 1. The van der Waals surface area contributed by atoms with Crippen LogP contribution in [0.3, 0.4) is 0 Å². The van der Waals surface area contributed by atoms with E-state index in [1.165, 1.54) is 22.2 Å². The first kappa shape index (κ1) is 22.7. The predicted octanol–water partition coefficient (Wildman–Crippen LogP) is 9.93. The van der Waals surface area contributed by atoms with Crippen LogP contribution >= 0.6 is 0 Å². The van der Waals surface area contributed by atoms with E-state index in [9.17, 15) is 4.39 Å². The van der Waals surface area contributed by atoms with Crippen molar-refractivity contribution in [1.82, 2.24) is 9.61 Å². The predicted molar refractivity (Wildman–Crippen MR) is 164 cm³/mol. The first-order valence-corrected chi connectivity index (χ1v) is 13.4. The summed E-state index contributed by atoms with van der Waals surface area (Å²) < 4.78 is 16.8. The zero-order chi connectivity index (χ0) is 26.6. The summed E-state index contributed by atoms with van der Waals surface area (Å²) in [7, 11) is 0. The van der Waals surface area contributed by atoms with Gasteiger partial charge in [0.05, 0.1) is 11.2 Å². The lowest BCUT2D eigenvalue weighted by atomic mass is 9.93. The molecule has 188 valence electrons. The largest absolute Gasteiger partial charge is 0.231 e. The molecule has 0 unspecified atom stereocenters. The van der Waals surface area contributed by atoms with Crippen molar-refractivity contribution in [1.29, 1.82) is 0 Å². The number of rotatable bonds is 3. The average Bonchev–Trinajstić information content (AvgIpc) is 3.42. The molecule has 40 heavy (non-hydrogen) atoms. The Kier molecular flexibility index (Phi) is 5.04.